The average Bonchev–Trinajstić information content (AvgIpc) is 1.06. The monoisotopic (exact) mass is 1510 g/mol. The summed E-state index contributed by atoms with van der Waals surface area (Å²) in [4.78, 5) is 217. The summed E-state index contributed by atoms with van der Waals surface area (Å²) in [7, 11) is -5.89. The first-order valence-electron chi connectivity index (χ1n) is 34.8. The van der Waals surface area contributed by atoms with Gasteiger partial charge in [-0.3, -0.25) is 76.8 Å². The quantitative estimate of drug-likeness (QED) is 0.0304. The van der Waals surface area contributed by atoms with E-state index in [-0.39, 0.29) is 74.5 Å². The normalized spacial score (nSPS) is 18.6. The molecule has 15 atom stereocenters. The molecule has 2 fully saturated rings. The van der Waals surface area contributed by atoms with Crippen molar-refractivity contribution in [2.24, 2.45) is 64.7 Å². The first-order chi connectivity index (χ1) is 48.6. The summed E-state index contributed by atoms with van der Waals surface area (Å²) in [5.74, 6) is -16.1. The molecule has 0 aliphatic carbocycles. The Kier molecular flexibility index (Phi) is 37.2. The molecule has 0 saturated carbocycles. The van der Waals surface area contributed by atoms with Crippen molar-refractivity contribution >= 4 is 97.2 Å². The standard InChI is InChI=1S/C38H62N7O12P.C29H47N6O10P/c1-21(2)12-29(42-36(52)31-10-9-11-45(31)25(6)47)32(48)14-26(13-27-16-40-20-41-27)35(51)43-30(17-46)33(49)15-28(34(39)50)22(3)18-58(55,19-23(4)37(53)56-7)44-24(5)38(54)57-8;1-16(2)8-22(33-29(42)24-6-5-7-35(24)18(4)37)25(38)10-19(9-20-12-31-15-32-20)28(41)34-23(13-36)26(39)11-21(27(30)40)17(3)14-46(43,44)45/h16,20-24,26,28-31,46H,9-15,17-19H2,1-8H3,(H2,39,50)(H,40,41)(H,42,52)(H,43,51)(H,44,55);12,15-17,19,21-24,36H,5-11,13-14H2,1-4H3,(H2,30,40)(H,31,32)(H,33,42)(H,34,41)(H2,43,44,45)/t22-,23+,24-,26+,28-,29-,30-,31-,58?;17-,19+,21-,22-,23-,24-/m00/s1. The first kappa shape index (κ1) is 90.3. The molecule has 584 valence electrons. The summed E-state index contributed by atoms with van der Waals surface area (Å²) in [6.07, 6.45) is 5.30. The number of nitrogens with two attached hydrogens (primary N) is 2. The minimum atomic E-state index is -4.53. The number of aliphatic hydroxyl groups excluding tert-OH is 2. The molecule has 1 unspecified atom stereocenters. The van der Waals surface area contributed by atoms with Gasteiger partial charge >= 0.3 is 19.5 Å². The Morgan fingerprint density at radius 3 is 1.25 bits per heavy atom. The van der Waals surface area contributed by atoms with E-state index < -0.39 is 201 Å². The van der Waals surface area contributed by atoms with E-state index in [1.54, 1.807) is 0 Å². The number of carbonyl (C=O) groups excluding carboxylic acids is 14. The molecule has 4 rings (SSSR count). The maximum atomic E-state index is 14.3. The van der Waals surface area contributed by atoms with Crippen LogP contribution in [-0.4, -0.2) is 233 Å². The molecule has 2 aliphatic rings. The highest BCUT2D eigenvalue weighted by molar-refractivity contribution is 7.62. The number of nitrogens with zero attached hydrogens (tertiary/aromatic N) is 4. The van der Waals surface area contributed by atoms with Crippen LogP contribution in [0.1, 0.15) is 145 Å². The number of carbonyl (C=O) groups is 14. The summed E-state index contributed by atoms with van der Waals surface area (Å²) in [5.41, 5.74) is 12.1. The van der Waals surface area contributed by atoms with Crippen molar-refractivity contribution in [2.75, 3.05) is 59.0 Å². The van der Waals surface area contributed by atoms with Crippen LogP contribution in [0.25, 0.3) is 0 Å². The van der Waals surface area contributed by atoms with Gasteiger partial charge in [-0.2, -0.15) is 0 Å². The number of hydrogen-bond donors (Lipinski definition) is 13. The molecule has 2 aromatic heterocycles. The number of ether oxygens (including phenoxy) is 2. The molecule has 2 aromatic rings. The van der Waals surface area contributed by atoms with Gasteiger partial charge in [0, 0.05) is 113 Å². The number of rotatable bonds is 44. The van der Waals surface area contributed by atoms with E-state index in [2.05, 4.69) is 46.3 Å². The Morgan fingerprint density at radius 1 is 0.558 bits per heavy atom. The second kappa shape index (κ2) is 42.9. The number of hydrogen-bond acceptors (Lipinski definition) is 22. The second-order valence-corrected chi connectivity index (χ2v) is 32.6. The molecule has 0 spiro atoms. The highest BCUT2D eigenvalue weighted by atomic mass is 31.2. The lowest BCUT2D eigenvalue weighted by Gasteiger charge is -2.30. The fraction of sp³-hybridized carbons (Fsp3) is 0.701. The van der Waals surface area contributed by atoms with Crippen LogP contribution < -0.4 is 37.8 Å². The lowest BCUT2D eigenvalue weighted by atomic mass is 9.87. The molecule has 0 bridgehead atoms. The number of amides is 8. The second-order valence-electron chi connectivity index (χ2n) is 28.1. The van der Waals surface area contributed by atoms with Gasteiger partial charge in [-0.05, 0) is 69.1 Å². The summed E-state index contributed by atoms with van der Waals surface area (Å²) in [5, 5.41) is 33.5. The van der Waals surface area contributed by atoms with Crippen LogP contribution in [0.5, 0.6) is 0 Å². The van der Waals surface area contributed by atoms with Gasteiger partial charge in [-0.15, -0.1) is 0 Å². The zero-order valence-corrected chi connectivity index (χ0v) is 63.2. The Morgan fingerprint density at radius 2 is 0.933 bits per heavy atom. The van der Waals surface area contributed by atoms with E-state index in [1.165, 1.54) is 83.5 Å². The van der Waals surface area contributed by atoms with Gasteiger partial charge in [0.2, 0.25) is 47.3 Å². The number of aromatic nitrogens is 4. The fourth-order valence-corrected chi connectivity index (χ4v) is 17.3. The van der Waals surface area contributed by atoms with Gasteiger partial charge in [0.05, 0.1) is 76.1 Å². The molecular formula is C67H109N13O22P2. The van der Waals surface area contributed by atoms with Gasteiger partial charge in [0.15, 0.2) is 23.1 Å². The predicted octanol–water partition coefficient (Wildman–Crippen LogP) is -0.0974. The first-order valence-corrected chi connectivity index (χ1v) is 38.6. The number of nitrogens with one attached hydrogen (secondary N) is 7. The topological polar surface area (TPSA) is 549 Å². The van der Waals surface area contributed by atoms with Crippen molar-refractivity contribution in [2.45, 2.75) is 189 Å². The van der Waals surface area contributed by atoms with Gasteiger partial charge in [-0.25, -0.2) is 9.97 Å². The molecule has 2 saturated heterocycles. The van der Waals surface area contributed by atoms with Crippen molar-refractivity contribution in [1.29, 1.82) is 0 Å². The van der Waals surface area contributed by atoms with Crippen molar-refractivity contribution in [1.82, 2.24) is 56.1 Å². The Bertz CT molecular complexity index is 3340. The zero-order valence-electron chi connectivity index (χ0n) is 61.5. The number of Topliss-reactive ketones (excluding diaryl/α,β-unsaturated/α-hetero) is 4. The molecule has 0 aromatic carbocycles. The Balaban J connectivity index is 0.000000555. The molecular weight excluding hydrogens is 1400 g/mol. The van der Waals surface area contributed by atoms with Crippen LogP contribution in [0.15, 0.2) is 25.0 Å². The summed E-state index contributed by atoms with van der Waals surface area (Å²) >= 11 is 0. The Hall–Kier alpha value is -7.94. The number of esters is 2. The fourth-order valence-electron chi connectivity index (χ4n) is 13.0. The molecule has 4 heterocycles. The van der Waals surface area contributed by atoms with Crippen LogP contribution in [0.3, 0.4) is 0 Å². The van der Waals surface area contributed by atoms with E-state index in [1.807, 2.05) is 27.7 Å². The zero-order chi connectivity index (χ0) is 78.7. The summed E-state index contributed by atoms with van der Waals surface area (Å²) in [6.45, 7) is 15.2. The van der Waals surface area contributed by atoms with Crippen molar-refractivity contribution in [3.05, 3.63) is 36.4 Å². The molecule has 37 heteroatoms. The van der Waals surface area contributed by atoms with Gasteiger partial charge in [-0.1, -0.05) is 48.5 Å². The lowest BCUT2D eigenvalue weighted by molar-refractivity contribution is -0.144. The van der Waals surface area contributed by atoms with Gasteiger partial charge < -0.3 is 86.5 Å². The molecule has 0 radical (unpaired) electrons. The van der Waals surface area contributed by atoms with E-state index in [0.29, 0.717) is 50.2 Å². The van der Waals surface area contributed by atoms with E-state index >= 15 is 0 Å². The predicted molar refractivity (Wildman–Crippen MR) is 375 cm³/mol. The highest BCUT2D eigenvalue weighted by Crippen LogP contribution is 2.47. The molecule has 104 heavy (non-hydrogen) atoms. The third-order valence-electron chi connectivity index (χ3n) is 18.4. The maximum Gasteiger partial charge on any atom is 0.325 e. The number of methoxy groups -OCH3 is 2. The summed E-state index contributed by atoms with van der Waals surface area (Å²) in [6, 6.07) is -7.45. The number of primary amides is 2. The SMILES string of the molecule is CC(=O)N1CCC[C@H]1C(=O)N[C@@H](CC(C)C)C(=O)C[C@@H](Cc1cnc[nH]1)C(=O)N[C@@H](CO)C(=O)C[C@H](C(N)=O)[C@@H](C)CP(=O)(O)O.COC(=O)[C@H](C)CP(=O)(C[C@H](C)[C@H](CC(=O)[C@H](CO)NC(=O)[C@@H](CC(=O)[C@H](CC(C)C)NC(=O)[C@@H]1CCCN1C(C)=O)Cc1cnc[nH]1)C(N)=O)N[C@@H](C)C(=O)OC. The van der Waals surface area contributed by atoms with Crippen molar-refractivity contribution in [3.8, 4) is 0 Å². The number of aromatic amines is 2. The van der Waals surface area contributed by atoms with E-state index in [9.17, 15) is 96.3 Å². The third kappa shape index (κ3) is 29.5. The lowest BCUT2D eigenvalue weighted by Crippen LogP contribution is -2.52. The number of ketones is 4. The molecule has 2 aliphatic heterocycles. The third-order valence-corrected chi connectivity index (χ3v) is 22.6. The van der Waals surface area contributed by atoms with Crippen molar-refractivity contribution < 1.29 is 106 Å². The van der Waals surface area contributed by atoms with Crippen LogP contribution in [0.4, 0.5) is 0 Å². The van der Waals surface area contributed by atoms with Crippen LogP contribution in [0.2, 0.25) is 0 Å². The highest BCUT2D eigenvalue weighted by Gasteiger charge is 2.42. The van der Waals surface area contributed by atoms with Crippen LogP contribution in [-0.2, 0) is 98.6 Å². The summed E-state index contributed by atoms with van der Waals surface area (Å²) < 4.78 is 35.2. The van der Waals surface area contributed by atoms with Crippen molar-refractivity contribution in [3.63, 3.8) is 0 Å². The largest absolute Gasteiger partial charge is 0.469 e. The van der Waals surface area contributed by atoms with Crippen LogP contribution in [0, 0.1) is 53.3 Å². The number of H-pyrrole nitrogens is 2. The molecule has 15 N–H and O–H groups in total. The molecule has 35 nitrogen and oxygen atoms in total. The van der Waals surface area contributed by atoms with Crippen LogP contribution >= 0.6 is 14.9 Å². The smallest absolute Gasteiger partial charge is 0.325 e. The minimum Gasteiger partial charge on any atom is -0.469 e. The van der Waals surface area contributed by atoms with Gasteiger partial charge in [0.1, 0.15) is 37.5 Å². The Labute approximate surface area is 605 Å². The number of aliphatic hydroxyl groups is 2. The minimum absolute atomic E-state index is 0.00374. The number of likely N-dealkylation sites (tertiary alicyclic amines) is 2. The number of imidazole rings is 2. The van der Waals surface area contributed by atoms with E-state index in [4.69, 9.17) is 20.9 Å². The van der Waals surface area contributed by atoms with Gasteiger partial charge in [0.25, 0.3) is 0 Å². The molecule has 8 amide bonds. The average molecular weight is 1510 g/mol. The maximum absolute atomic E-state index is 14.3. The van der Waals surface area contributed by atoms with E-state index in [0.717, 1.165) is 7.11 Å².